The van der Waals surface area contributed by atoms with Gasteiger partial charge in [0.15, 0.2) is 0 Å². The molecule has 1 aromatic heterocycles. The van der Waals surface area contributed by atoms with Gasteiger partial charge in [0.1, 0.15) is 0 Å². The lowest BCUT2D eigenvalue weighted by atomic mass is 9.93. The van der Waals surface area contributed by atoms with Crippen LogP contribution in [-0.2, 0) is 0 Å². The van der Waals surface area contributed by atoms with Crippen molar-refractivity contribution in [1.29, 1.82) is 0 Å². The summed E-state index contributed by atoms with van der Waals surface area (Å²) in [7, 11) is 0. The molecule has 0 saturated heterocycles. The van der Waals surface area contributed by atoms with Gasteiger partial charge in [-0.15, -0.1) is 0 Å². The average molecular weight is 826 g/mol. The van der Waals surface area contributed by atoms with Crippen LogP contribution in [0.1, 0.15) is 0 Å². The van der Waals surface area contributed by atoms with E-state index in [1.807, 2.05) is 0 Å². The van der Waals surface area contributed by atoms with Crippen LogP contribution in [0.4, 0.5) is 0 Å². The fourth-order valence-corrected chi connectivity index (χ4v) is 9.70. The van der Waals surface area contributed by atoms with Gasteiger partial charge in [-0.2, -0.15) is 0 Å². The van der Waals surface area contributed by atoms with Crippen LogP contribution in [0.3, 0.4) is 0 Å². The molecule has 0 bridgehead atoms. The van der Waals surface area contributed by atoms with Crippen molar-refractivity contribution in [2.24, 2.45) is 0 Å². The van der Waals surface area contributed by atoms with Gasteiger partial charge in [0.05, 0.1) is 11.2 Å². The predicted octanol–water partition coefficient (Wildman–Crippen LogP) is 17.6. The van der Waals surface area contributed by atoms with E-state index in [0.717, 1.165) is 5.69 Å². The molecule has 0 amide bonds. The summed E-state index contributed by atoms with van der Waals surface area (Å²) in [6.45, 7) is 0. The third-order valence-electron chi connectivity index (χ3n) is 13.1. The molecule has 0 radical (unpaired) electrons. The summed E-state index contributed by atoms with van der Waals surface area (Å²) < 4.78 is 2.40. The fraction of sp³-hybridized carbons (Fsp3) is 0. The lowest BCUT2D eigenvalue weighted by molar-refractivity contribution is 1.14. The monoisotopic (exact) mass is 825 g/mol. The molecule has 65 heavy (non-hydrogen) atoms. The molecule has 0 atom stereocenters. The molecule has 304 valence electrons. The molecule has 11 aromatic carbocycles. The number of rotatable bonds is 8. The van der Waals surface area contributed by atoms with Crippen molar-refractivity contribution >= 4 is 32.4 Å². The zero-order valence-corrected chi connectivity index (χ0v) is 35.8. The molecule has 0 spiro atoms. The van der Waals surface area contributed by atoms with Crippen LogP contribution in [0.5, 0.6) is 0 Å². The highest BCUT2D eigenvalue weighted by atomic mass is 15.0. The van der Waals surface area contributed by atoms with E-state index in [4.69, 9.17) is 0 Å². The Balaban J connectivity index is 0.950. The Morgan fingerprint density at radius 3 is 1.17 bits per heavy atom. The summed E-state index contributed by atoms with van der Waals surface area (Å²) >= 11 is 0. The van der Waals surface area contributed by atoms with E-state index >= 15 is 0 Å². The third-order valence-corrected chi connectivity index (χ3v) is 13.1. The SMILES string of the molecule is c1ccc(-c2ccc(-c3ccc(-c4ccc5c(c4)c(-c4ccc(-c6ccc(-c7ccccc7)cc6)cc4)cn5-c4ccc(-c5cccc6ccccc56)c5ccccc45)cc3)cc2)cc1. The number of nitrogens with zero attached hydrogens (tertiary/aromatic N) is 1. The molecule has 0 saturated carbocycles. The molecule has 0 unspecified atom stereocenters. The van der Waals surface area contributed by atoms with Crippen LogP contribution in [0, 0.1) is 0 Å². The van der Waals surface area contributed by atoms with E-state index < -0.39 is 0 Å². The number of fused-ring (bicyclic) bond motifs is 3. The van der Waals surface area contributed by atoms with Crippen LogP contribution in [-0.4, -0.2) is 4.57 Å². The minimum absolute atomic E-state index is 1.16. The Kier molecular flexibility index (Phi) is 9.58. The number of hydrogen-bond donors (Lipinski definition) is 0. The molecule has 12 rings (SSSR count). The first-order chi connectivity index (χ1) is 32.2. The number of hydrogen-bond acceptors (Lipinski definition) is 0. The van der Waals surface area contributed by atoms with Crippen molar-refractivity contribution in [3.05, 3.63) is 261 Å². The largest absolute Gasteiger partial charge is 0.315 e. The Labute approximate surface area is 379 Å². The van der Waals surface area contributed by atoms with E-state index in [1.54, 1.807) is 0 Å². The maximum absolute atomic E-state index is 2.40. The highest BCUT2D eigenvalue weighted by molar-refractivity contribution is 6.09. The third kappa shape index (κ3) is 7.10. The second-order valence-corrected chi connectivity index (χ2v) is 16.9. The molecule has 0 aliphatic carbocycles. The topological polar surface area (TPSA) is 4.93 Å². The van der Waals surface area contributed by atoms with Gasteiger partial charge in [-0.3, -0.25) is 0 Å². The van der Waals surface area contributed by atoms with E-state index in [-0.39, 0.29) is 0 Å². The first-order valence-electron chi connectivity index (χ1n) is 22.4. The highest BCUT2D eigenvalue weighted by Crippen LogP contribution is 2.41. The van der Waals surface area contributed by atoms with Crippen LogP contribution in [0.25, 0.3) is 116 Å². The van der Waals surface area contributed by atoms with Gasteiger partial charge in [0, 0.05) is 22.5 Å². The minimum Gasteiger partial charge on any atom is -0.315 e. The first-order valence-corrected chi connectivity index (χ1v) is 22.4. The van der Waals surface area contributed by atoms with Crippen LogP contribution in [0.15, 0.2) is 261 Å². The Morgan fingerprint density at radius 2 is 0.615 bits per heavy atom. The van der Waals surface area contributed by atoms with Crippen LogP contribution >= 0.6 is 0 Å². The van der Waals surface area contributed by atoms with Gasteiger partial charge < -0.3 is 4.57 Å². The van der Waals surface area contributed by atoms with Crippen molar-refractivity contribution in [2.75, 3.05) is 0 Å². The van der Waals surface area contributed by atoms with Crippen molar-refractivity contribution in [2.45, 2.75) is 0 Å². The Hall–Kier alpha value is -8.52. The summed E-state index contributed by atoms with van der Waals surface area (Å²) in [6, 6.07) is 92.8. The van der Waals surface area contributed by atoms with Crippen molar-refractivity contribution in [3.63, 3.8) is 0 Å². The predicted molar refractivity (Wildman–Crippen MR) is 276 cm³/mol. The molecule has 1 heteroatoms. The van der Waals surface area contributed by atoms with Crippen molar-refractivity contribution < 1.29 is 0 Å². The van der Waals surface area contributed by atoms with Crippen LogP contribution < -0.4 is 0 Å². The fourth-order valence-electron chi connectivity index (χ4n) is 9.70. The molecule has 1 heterocycles. The molecular weight excluding hydrogens is 783 g/mol. The second-order valence-electron chi connectivity index (χ2n) is 16.9. The molecule has 1 nitrogen and oxygen atoms in total. The Morgan fingerprint density at radius 1 is 0.215 bits per heavy atom. The van der Waals surface area contributed by atoms with Crippen LogP contribution in [0.2, 0.25) is 0 Å². The number of benzene rings is 11. The smallest absolute Gasteiger partial charge is 0.0535 e. The molecular formula is C64H43N. The summed E-state index contributed by atoms with van der Waals surface area (Å²) in [5.74, 6) is 0. The summed E-state index contributed by atoms with van der Waals surface area (Å²) in [6.07, 6.45) is 2.35. The lowest BCUT2D eigenvalue weighted by Crippen LogP contribution is -1.95. The maximum Gasteiger partial charge on any atom is 0.0535 e. The molecule has 0 fully saturated rings. The standard InChI is InChI=1S/C64H43N/c1-3-12-44(13-4-1)46-22-26-48(27-23-46)50-30-32-52(33-31-50)55-38-40-64-61(42-55)62(54-36-34-51(35-37-54)49-28-24-47(25-29-49)45-14-5-2-6-15-45)43-65(64)63-41-39-59(58-19-9-10-20-60(58)63)57-21-11-17-53-16-7-8-18-56(53)57/h1-43H. The van der Waals surface area contributed by atoms with Gasteiger partial charge in [0.2, 0.25) is 0 Å². The van der Waals surface area contributed by atoms with Crippen molar-refractivity contribution in [1.82, 2.24) is 4.57 Å². The second kappa shape index (κ2) is 16.3. The molecule has 0 N–H and O–H groups in total. The van der Waals surface area contributed by atoms with Gasteiger partial charge in [-0.05, 0) is 107 Å². The number of aromatic nitrogens is 1. The van der Waals surface area contributed by atoms with E-state index in [0.29, 0.717) is 0 Å². The molecule has 0 aliphatic rings. The highest BCUT2D eigenvalue weighted by Gasteiger charge is 2.17. The first kappa shape index (κ1) is 38.2. The summed E-state index contributed by atoms with van der Waals surface area (Å²) in [5.41, 5.74) is 19.3. The normalized spacial score (nSPS) is 11.4. The molecule has 0 aliphatic heterocycles. The summed E-state index contributed by atoms with van der Waals surface area (Å²) in [4.78, 5) is 0. The van der Waals surface area contributed by atoms with E-state index in [9.17, 15) is 0 Å². The molecule has 12 aromatic rings. The van der Waals surface area contributed by atoms with Gasteiger partial charge in [-0.1, -0.05) is 237 Å². The zero-order valence-electron chi connectivity index (χ0n) is 35.8. The lowest BCUT2D eigenvalue weighted by Gasteiger charge is -2.15. The minimum atomic E-state index is 1.16. The van der Waals surface area contributed by atoms with Crippen molar-refractivity contribution in [3.8, 4) is 83.6 Å². The average Bonchev–Trinajstić information content (AvgIpc) is 3.77. The van der Waals surface area contributed by atoms with E-state index in [2.05, 4.69) is 266 Å². The van der Waals surface area contributed by atoms with Gasteiger partial charge >= 0.3 is 0 Å². The van der Waals surface area contributed by atoms with E-state index in [1.165, 1.54) is 110 Å². The maximum atomic E-state index is 2.40. The quantitative estimate of drug-likeness (QED) is 0.144. The van der Waals surface area contributed by atoms with Gasteiger partial charge in [0.25, 0.3) is 0 Å². The zero-order chi connectivity index (χ0) is 43.1. The van der Waals surface area contributed by atoms with Gasteiger partial charge in [-0.25, -0.2) is 0 Å². The Bertz CT molecular complexity index is 3630. The summed E-state index contributed by atoms with van der Waals surface area (Å²) in [5, 5.41) is 6.17.